The number of fused-ring (bicyclic) bond motifs is 1. The van der Waals surface area contributed by atoms with Crippen LogP contribution in [0.1, 0.15) is 44.2 Å². The molecule has 0 aliphatic carbocycles. The van der Waals surface area contributed by atoms with E-state index in [0.717, 1.165) is 37.0 Å². The maximum atomic E-state index is 13.7. The molecule has 0 spiro atoms. The molecule has 1 saturated heterocycles. The smallest absolute Gasteiger partial charge is 0.243 e. The maximum absolute atomic E-state index is 13.7. The molecule has 0 aromatic heterocycles. The van der Waals surface area contributed by atoms with E-state index in [9.17, 15) is 13.2 Å². The van der Waals surface area contributed by atoms with Gasteiger partial charge in [-0.2, -0.15) is 4.31 Å². The summed E-state index contributed by atoms with van der Waals surface area (Å²) < 4.78 is 40.0. The first-order valence-electron chi connectivity index (χ1n) is 10.6. The van der Waals surface area contributed by atoms with E-state index >= 15 is 0 Å². The Hall–Kier alpha value is -2.58. The molecule has 0 unspecified atom stereocenters. The number of carbonyl (C=O) groups excluding carboxylic acids is 1. The van der Waals surface area contributed by atoms with Crippen molar-refractivity contribution in [2.24, 2.45) is 0 Å². The Morgan fingerprint density at radius 1 is 1.06 bits per heavy atom. The average molecular weight is 445 g/mol. The van der Waals surface area contributed by atoms with Crippen molar-refractivity contribution < 1.29 is 22.7 Å². The highest BCUT2D eigenvalue weighted by molar-refractivity contribution is 7.89. The van der Waals surface area contributed by atoms with Crippen LogP contribution in [0.5, 0.6) is 11.5 Å². The molecule has 0 radical (unpaired) electrons. The maximum Gasteiger partial charge on any atom is 0.243 e. The van der Waals surface area contributed by atoms with Gasteiger partial charge in [0.25, 0.3) is 0 Å². The molecule has 8 heteroatoms. The lowest BCUT2D eigenvalue weighted by atomic mass is 10.0. The van der Waals surface area contributed by atoms with E-state index in [-0.39, 0.29) is 16.8 Å². The normalized spacial score (nSPS) is 19.8. The van der Waals surface area contributed by atoms with Crippen molar-refractivity contribution in [1.82, 2.24) is 4.31 Å². The van der Waals surface area contributed by atoms with Gasteiger partial charge in [0.15, 0.2) is 0 Å². The van der Waals surface area contributed by atoms with Crippen molar-refractivity contribution in [3.05, 3.63) is 48.0 Å². The number of benzene rings is 2. The van der Waals surface area contributed by atoms with Crippen LogP contribution in [0.15, 0.2) is 47.4 Å². The molecular formula is C23H28N2O5S. The molecule has 2 aromatic rings. The molecule has 2 aliphatic rings. The van der Waals surface area contributed by atoms with Gasteiger partial charge in [-0.25, -0.2) is 8.42 Å². The number of carbonyl (C=O) groups is 1. The van der Waals surface area contributed by atoms with E-state index < -0.39 is 10.0 Å². The molecule has 7 nitrogen and oxygen atoms in total. The monoisotopic (exact) mass is 444 g/mol. The van der Waals surface area contributed by atoms with Gasteiger partial charge in [0.1, 0.15) is 18.1 Å². The summed E-state index contributed by atoms with van der Waals surface area (Å²) in [5.74, 6) is 1.08. The predicted octanol–water partition coefficient (Wildman–Crippen LogP) is 3.75. The fourth-order valence-electron chi connectivity index (χ4n) is 4.35. The summed E-state index contributed by atoms with van der Waals surface area (Å²) in [6.45, 7) is 2.77. The van der Waals surface area contributed by atoms with Gasteiger partial charge >= 0.3 is 0 Å². The minimum Gasteiger partial charge on any atom is -0.497 e. The molecule has 4 rings (SSSR count). The summed E-state index contributed by atoms with van der Waals surface area (Å²) >= 11 is 0. The lowest BCUT2D eigenvalue weighted by molar-refractivity contribution is -0.116. The van der Waals surface area contributed by atoms with E-state index in [1.807, 2.05) is 24.3 Å². The van der Waals surface area contributed by atoms with Gasteiger partial charge in [0.05, 0.1) is 30.3 Å². The Kier molecular flexibility index (Phi) is 6.20. The first kappa shape index (κ1) is 21.6. The number of hydrogen-bond donors (Lipinski definition) is 0. The SMILES string of the molecule is COc1ccc([C@H]2CCCCCN2S(=O)(=O)c2ccc3c(c2)OCCN3C(C)=O)cc1. The highest BCUT2D eigenvalue weighted by Crippen LogP contribution is 2.38. The van der Waals surface area contributed by atoms with Gasteiger partial charge < -0.3 is 14.4 Å². The van der Waals surface area contributed by atoms with Gasteiger partial charge in [-0.15, -0.1) is 0 Å². The molecule has 1 atom stereocenters. The van der Waals surface area contributed by atoms with Crippen LogP contribution < -0.4 is 14.4 Å². The number of ether oxygens (including phenoxy) is 2. The second-order valence-electron chi connectivity index (χ2n) is 7.90. The number of anilines is 1. The van der Waals surface area contributed by atoms with E-state index in [1.54, 1.807) is 34.5 Å². The summed E-state index contributed by atoms with van der Waals surface area (Å²) in [4.78, 5) is 13.7. The molecule has 1 fully saturated rings. The van der Waals surface area contributed by atoms with Gasteiger partial charge in [0.2, 0.25) is 15.9 Å². The Morgan fingerprint density at radius 2 is 1.84 bits per heavy atom. The van der Waals surface area contributed by atoms with E-state index in [0.29, 0.717) is 31.1 Å². The minimum atomic E-state index is -3.75. The Bertz CT molecular complexity index is 1050. The van der Waals surface area contributed by atoms with Crippen LogP contribution in [0.4, 0.5) is 5.69 Å². The Morgan fingerprint density at radius 3 is 2.55 bits per heavy atom. The van der Waals surface area contributed by atoms with Crippen LogP contribution in [0.25, 0.3) is 0 Å². The summed E-state index contributed by atoms with van der Waals surface area (Å²) in [7, 11) is -2.14. The molecule has 2 heterocycles. The van der Waals surface area contributed by atoms with Gasteiger partial charge in [-0.05, 0) is 42.7 Å². The first-order valence-corrected chi connectivity index (χ1v) is 12.1. The molecule has 0 saturated carbocycles. The molecule has 2 aromatic carbocycles. The zero-order valence-corrected chi connectivity index (χ0v) is 18.7. The molecule has 1 amide bonds. The molecule has 166 valence electrons. The summed E-state index contributed by atoms with van der Waals surface area (Å²) in [6.07, 6.45) is 3.57. The zero-order chi connectivity index (χ0) is 22.0. The van der Waals surface area contributed by atoms with Crippen LogP contribution in [-0.4, -0.2) is 45.4 Å². The third-order valence-electron chi connectivity index (χ3n) is 5.99. The van der Waals surface area contributed by atoms with Crippen molar-refractivity contribution in [3.63, 3.8) is 0 Å². The second-order valence-corrected chi connectivity index (χ2v) is 9.79. The van der Waals surface area contributed by atoms with Crippen molar-refractivity contribution in [3.8, 4) is 11.5 Å². The molecule has 31 heavy (non-hydrogen) atoms. The number of nitrogens with zero attached hydrogens (tertiary/aromatic N) is 2. The fourth-order valence-corrected chi connectivity index (χ4v) is 6.05. The molecule has 0 N–H and O–H groups in total. The molecule has 2 aliphatic heterocycles. The van der Waals surface area contributed by atoms with Crippen LogP contribution in [0.2, 0.25) is 0 Å². The second kappa shape index (κ2) is 8.88. The zero-order valence-electron chi connectivity index (χ0n) is 17.9. The number of amides is 1. The third-order valence-corrected chi connectivity index (χ3v) is 7.89. The van der Waals surface area contributed by atoms with E-state index in [4.69, 9.17) is 9.47 Å². The highest BCUT2D eigenvalue weighted by Gasteiger charge is 2.34. The number of hydrogen-bond acceptors (Lipinski definition) is 5. The van der Waals surface area contributed by atoms with Crippen LogP contribution in [-0.2, 0) is 14.8 Å². The highest BCUT2D eigenvalue weighted by atomic mass is 32.2. The third kappa shape index (κ3) is 4.27. The average Bonchev–Trinajstić information content (AvgIpc) is 3.05. The van der Waals surface area contributed by atoms with Crippen LogP contribution in [0, 0.1) is 0 Å². The molecule has 0 bridgehead atoms. The van der Waals surface area contributed by atoms with Crippen molar-refractivity contribution in [2.75, 3.05) is 31.7 Å². The number of methoxy groups -OCH3 is 1. The first-order chi connectivity index (χ1) is 14.9. The van der Waals surface area contributed by atoms with Crippen LogP contribution >= 0.6 is 0 Å². The Labute approximate surface area is 183 Å². The lowest BCUT2D eigenvalue weighted by Crippen LogP contribution is -2.37. The lowest BCUT2D eigenvalue weighted by Gasteiger charge is -2.31. The summed E-state index contributed by atoms with van der Waals surface area (Å²) in [5.41, 5.74) is 1.57. The quantitative estimate of drug-likeness (QED) is 0.718. The van der Waals surface area contributed by atoms with Gasteiger partial charge in [0, 0.05) is 19.5 Å². The van der Waals surface area contributed by atoms with E-state index in [1.165, 1.54) is 6.92 Å². The predicted molar refractivity (Wildman–Crippen MR) is 118 cm³/mol. The summed E-state index contributed by atoms with van der Waals surface area (Å²) in [6, 6.07) is 12.2. The van der Waals surface area contributed by atoms with Gasteiger partial charge in [-0.1, -0.05) is 25.0 Å². The number of sulfonamides is 1. The molecular weight excluding hydrogens is 416 g/mol. The van der Waals surface area contributed by atoms with Crippen LogP contribution in [0.3, 0.4) is 0 Å². The number of rotatable bonds is 4. The standard InChI is InChI=1S/C23H28N2O5S/c1-17(26)24-14-15-30-23-16-20(11-12-22(23)24)31(27,28)25-13-5-3-4-6-21(25)18-7-9-19(29-2)10-8-18/h7-12,16,21H,3-6,13-15H2,1-2H3/t21-/m1/s1. The van der Waals surface area contributed by atoms with E-state index in [2.05, 4.69) is 0 Å². The topological polar surface area (TPSA) is 76.2 Å². The Balaban J connectivity index is 1.70. The van der Waals surface area contributed by atoms with Crippen molar-refractivity contribution >= 4 is 21.6 Å². The van der Waals surface area contributed by atoms with Crippen molar-refractivity contribution in [1.29, 1.82) is 0 Å². The van der Waals surface area contributed by atoms with Crippen molar-refractivity contribution in [2.45, 2.75) is 43.5 Å². The largest absolute Gasteiger partial charge is 0.497 e. The fraction of sp³-hybridized carbons (Fsp3) is 0.435. The van der Waals surface area contributed by atoms with Gasteiger partial charge in [-0.3, -0.25) is 4.79 Å². The minimum absolute atomic E-state index is 0.0905. The summed E-state index contributed by atoms with van der Waals surface area (Å²) in [5, 5.41) is 0.